The van der Waals surface area contributed by atoms with E-state index in [9.17, 15) is 17.6 Å². The first-order valence-corrected chi connectivity index (χ1v) is 13.2. The van der Waals surface area contributed by atoms with E-state index >= 15 is 0 Å². The minimum Gasteiger partial charge on any atom is -0.454 e. The van der Waals surface area contributed by atoms with Gasteiger partial charge in [-0.15, -0.1) is 0 Å². The Labute approximate surface area is 216 Å². The van der Waals surface area contributed by atoms with Crippen LogP contribution in [0.4, 0.5) is 17.6 Å². The van der Waals surface area contributed by atoms with Gasteiger partial charge in [0.25, 0.3) is 0 Å². The second-order valence-corrected chi connectivity index (χ2v) is 9.96. The SMILES string of the molecule is CCCCCC1CCC(c2ccc(-c3cc(F)c(F)c(Oc4ccc(OC(F)F)cc4)c3C)cc2)CC1. The molecule has 1 saturated carbocycles. The van der Waals surface area contributed by atoms with Gasteiger partial charge in [0, 0.05) is 5.56 Å². The maximum atomic E-state index is 14.7. The molecule has 0 aliphatic heterocycles. The third-order valence-corrected chi connectivity index (χ3v) is 7.45. The third-order valence-electron chi connectivity index (χ3n) is 7.45. The van der Waals surface area contributed by atoms with Crippen molar-refractivity contribution in [2.75, 3.05) is 0 Å². The minimum absolute atomic E-state index is 0.0513. The summed E-state index contributed by atoms with van der Waals surface area (Å²) >= 11 is 0. The molecule has 0 spiro atoms. The highest BCUT2D eigenvalue weighted by Gasteiger charge is 2.23. The maximum Gasteiger partial charge on any atom is 0.387 e. The predicted octanol–water partition coefficient (Wildman–Crippen LogP) is 10.2. The number of ether oxygens (including phenoxy) is 2. The first-order chi connectivity index (χ1) is 17.9. The van der Waals surface area contributed by atoms with Gasteiger partial charge in [-0.25, -0.2) is 4.39 Å². The minimum atomic E-state index is -2.95. The Morgan fingerprint density at radius 1 is 0.865 bits per heavy atom. The Hall–Kier alpha value is -3.02. The number of benzene rings is 3. The van der Waals surface area contributed by atoms with Crippen LogP contribution in [0.1, 0.15) is 75.3 Å². The summed E-state index contributed by atoms with van der Waals surface area (Å²) in [6.45, 7) is 0.967. The number of hydrogen-bond donors (Lipinski definition) is 0. The van der Waals surface area contributed by atoms with Crippen molar-refractivity contribution in [2.45, 2.75) is 77.7 Å². The van der Waals surface area contributed by atoms with Crippen LogP contribution in [-0.2, 0) is 0 Å². The Balaban J connectivity index is 1.47. The van der Waals surface area contributed by atoms with Crippen molar-refractivity contribution >= 4 is 0 Å². The third kappa shape index (κ3) is 6.85. The second kappa shape index (κ2) is 12.5. The Morgan fingerprint density at radius 3 is 2.14 bits per heavy atom. The average molecular weight is 515 g/mol. The lowest BCUT2D eigenvalue weighted by Gasteiger charge is -2.29. The van der Waals surface area contributed by atoms with Gasteiger partial charge in [-0.3, -0.25) is 0 Å². The normalized spacial score (nSPS) is 17.7. The lowest BCUT2D eigenvalue weighted by atomic mass is 9.77. The zero-order chi connectivity index (χ0) is 26.4. The summed E-state index contributed by atoms with van der Waals surface area (Å²) < 4.78 is 64.0. The molecule has 0 amide bonds. The highest BCUT2D eigenvalue weighted by Crippen LogP contribution is 2.40. The van der Waals surface area contributed by atoms with Crippen LogP contribution in [0.3, 0.4) is 0 Å². The first-order valence-electron chi connectivity index (χ1n) is 13.2. The molecule has 6 heteroatoms. The van der Waals surface area contributed by atoms with Crippen molar-refractivity contribution in [3.63, 3.8) is 0 Å². The summed E-state index contributed by atoms with van der Waals surface area (Å²) in [7, 11) is 0. The molecule has 1 aliphatic carbocycles. The molecule has 198 valence electrons. The summed E-state index contributed by atoms with van der Waals surface area (Å²) in [6.07, 6.45) is 10.2. The largest absolute Gasteiger partial charge is 0.454 e. The van der Waals surface area contributed by atoms with Crippen LogP contribution in [0.5, 0.6) is 17.2 Å². The van der Waals surface area contributed by atoms with Gasteiger partial charge in [-0.1, -0.05) is 56.9 Å². The quantitative estimate of drug-likeness (QED) is 0.198. The summed E-state index contributed by atoms with van der Waals surface area (Å²) in [4.78, 5) is 0. The van der Waals surface area contributed by atoms with Crippen molar-refractivity contribution in [3.8, 4) is 28.4 Å². The molecule has 0 saturated heterocycles. The summed E-state index contributed by atoms with van der Waals surface area (Å²) in [5.74, 6) is -0.828. The van der Waals surface area contributed by atoms with Crippen LogP contribution in [0, 0.1) is 24.5 Å². The van der Waals surface area contributed by atoms with E-state index < -0.39 is 18.2 Å². The fraction of sp³-hybridized carbons (Fsp3) is 0.419. The molecule has 0 unspecified atom stereocenters. The molecule has 0 heterocycles. The molecular weight excluding hydrogens is 480 g/mol. The smallest absolute Gasteiger partial charge is 0.387 e. The topological polar surface area (TPSA) is 18.5 Å². The Morgan fingerprint density at radius 2 is 1.51 bits per heavy atom. The fourth-order valence-corrected chi connectivity index (χ4v) is 5.32. The van der Waals surface area contributed by atoms with Crippen LogP contribution < -0.4 is 9.47 Å². The second-order valence-electron chi connectivity index (χ2n) is 9.96. The molecule has 0 bridgehead atoms. The van der Waals surface area contributed by atoms with Crippen molar-refractivity contribution in [1.29, 1.82) is 0 Å². The lowest BCUT2D eigenvalue weighted by molar-refractivity contribution is -0.0498. The molecule has 3 aromatic carbocycles. The molecule has 0 aromatic heterocycles. The lowest BCUT2D eigenvalue weighted by Crippen LogP contribution is -2.13. The molecule has 0 radical (unpaired) electrons. The number of alkyl halides is 2. The predicted molar refractivity (Wildman–Crippen MR) is 139 cm³/mol. The molecule has 37 heavy (non-hydrogen) atoms. The van der Waals surface area contributed by atoms with Gasteiger partial charge >= 0.3 is 6.61 Å². The van der Waals surface area contributed by atoms with Crippen LogP contribution in [-0.4, -0.2) is 6.61 Å². The van der Waals surface area contributed by atoms with E-state index in [1.807, 2.05) is 12.1 Å². The zero-order valence-corrected chi connectivity index (χ0v) is 21.4. The molecule has 2 nitrogen and oxygen atoms in total. The van der Waals surface area contributed by atoms with Gasteiger partial charge in [-0.2, -0.15) is 13.2 Å². The fourth-order valence-electron chi connectivity index (χ4n) is 5.32. The van der Waals surface area contributed by atoms with Crippen molar-refractivity contribution in [3.05, 3.63) is 77.4 Å². The summed E-state index contributed by atoms with van der Waals surface area (Å²) in [6, 6.07) is 14.6. The first kappa shape index (κ1) is 27.0. The van der Waals surface area contributed by atoms with E-state index in [1.165, 1.54) is 87.3 Å². The van der Waals surface area contributed by atoms with E-state index in [0.29, 0.717) is 17.0 Å². The monoisotopic (exact) mass is 514 g/mol. The van der Waals surface area contributed by atoms with Crippen LogP contribution in [0.25, 0.3) is 11.1 Å². The summed E-state index contributed by atoms with van der Waals surface area (Å²) in [5.41, 5.74) is 3.06. The number of unbranched alkanes of at least 4 members (excludes halogenated alkanes) is 2. The van der Waals surface area contributed by atoms with Crippen LogP contribution >= 0.6 is 0 Å². The zero-order valence-electron chi connectivity index (χ0n) is 21.4. The van der Waals surface area contributed by atoms with Crippen LogP contribution in [0.2, 0.25) is 0 Å². The van der Waals surface area contributed by atoms with E-state index in [4.69, 9.17) is 4.74 Å². The van der Waals surface area contributed by atoms with E-state index in [0.717, 1.165) is 11.5 Å². The van der Waals surface area contributed by atoms with Crippen molar-refractivity contribution < 1.29 is 27.0 Å². The highest BCUT2D eigenvalue weighted by molar-refractivity contribution is 5.70. The van der Waals surface area contributed by atoms with E-state index in [1.54, 1.807) is 6.92 Å². The number of halogens is 4. The molecule has 0 N–H and O–H groups in total. The van der Waals surface area contributed by atoms with Gasteiger partial charge in [0.05, 0.1) is 0 Å². The molecular formula is C31H34F4O2. The average Bonchev–Trinajstić information content (AvgIpc) is 2.90. The molecule has 1 fully saturated rings. The van der Waals surface area contributed by atoms with Gasteiger partial charge < -0.3 is 9.47 Å². The van der Waals surface area contributed by atoms with E-state index in [2.05, 4.69) is 23.8 Å². The summed E-state index contributed by atoms with van der Waals surface area (Å²) in [5, 5.41) is 0. The Kier molecular flexibility index (Phi) is 9.12. The van der Waals surface area contributed by atoms with Crippen molar-refractivity contribution in [1.82, 2.24) is 0 Å². The molecule has 1 aliphatic rings. The van der Waals surface area contributed by atoms with Gasteiger partial charge in [0.15, 0.2) is 11.6 Å². The molecule has 3 aromatic rings. The Bertz CT molecular complexity index is 1150. The standard InChI is InChI=1S/C31H34F4O2/c1-3-4-5-6-21-7-9-22(10-8-21)23-11-13-24(14-12-23)27-19-28(32)29(33)30(20(27)2)36-25-15-17-26(18-16-25)37-31(34)35/h11-19,21-22,31H,3-10H2,1-2H3. The van der Waals surface area contributed by atoms with Crippen LogP contribution in [0.15, 0.2) is 54.6 Å². The van der Waals surface area contributed by atoms with Gasteiger partial charge in [0.1, 0.15) is 11.5 Å². The number of hydrogen-bond acceptors (Lipinski definition) is 2. The van der Waals surface area contributed by atoms with Gasteiger partial charge in [-0.05, 0) is 91.5 Å². The maximum absolute atomic E-state index is 14.7. The molecule has 4 rings (SSSR count). The molecule has 0 atom stereocenters. The van der Waals surface area contributed by atoms with Crippen molar-refractivity contribution in [2.24, 2.45) is 5.92 Å². The van der Waals surface area contributed by atoms with Gasteiger partial charge in [0.2, 0.25) is 5.82 Å². The number of rotatable bonds is 10. The highest BCUT2D eigenvalue weighted by atomic mass is 19.3. The van der Waals surface area contributed by atoms with E-state index in [-0.39, 0.29) is 17.2 Å².